The summed E-state index contributed by atoms with van der Waals surface area (Å²) in [6.45, 7) is 4.39. The van der Waals surface area contributed by atoms with Gasteiger partial charge in [0.25, 0.3) is 0 Å². The van der Waals surface area contributed by atoms with E-state index in [1.165, 1.54) is 22.5 Å². The third-order valence-electron chi connectivity index (χ3n) is 3.17. The maximum atomic E-state index is 2.39. The number of halogens is 2. The van der Waals surface area contributed by atoms with Crippen LogP contribution in [0.1, 0.15) is 13.8 Å². The number of para-hydroxylation sites is 1. The molecule has 98 valence electrons. The first kappa shape index (κ1) is 18.7. The summed E-state index contributed by atoms with van der Waals surface area (Å²) in [4.78, 5) is 2.39. The Kier molecular flexibility index (Phi) is 7.36. The first-order chi connectivity index (χ1) is 7.75. The van der Waals surface area contributed by atoms with Crippen molar-refractivity contribution in [3.05, 3.63) is 65.4 Å². The summed E-state index contributed by atoms with van der Waals surface area (Å²) in [7, 11) is 0. The smallest absolute Gasteiger partial charge is 1.00 e. The van der Waals surface area contributed by atoms with E-state index in [4.69, 9.17) is 0 Å². The Morgan fingerprint density at radius 2 is 1.63 bits per heavy atom. The van der Waals surface area contributed by atoms with E-state index >= 15 is 0 Å². The van der Waals surface area contributed by atoms with Gasteiger partial charge in [0.05, 0.1) is 6.04 Å². The first-order valence-electron chi connectivity index (χ1n) is 5.72. The zero-order chi connectivity index (χ0) is 11.1. The third-order valence-corrected chi connectivity index (χ3v) is 3.17. The van der Waals surface area contributed by atoms with Gasteiger partial charge in [-0.3, -0.25) is 0 Å². The summed E-state index contributed by atoms with van der Waals surface area (Å²) in [5.41, 5.74) is 5.33. The van der Waals surface area contributed by atoms with Crippen molar-refractivity contribution in [3.63, 3.8) is 0 Å². The second-order valence-electron chi connectivity index (χ2n) is 4.49. The fourth-order valence-corrected chi connectivity index (χ4v) is 2.52. The van der Waals surface area contributed by atoms with Crippen LogP contribution in [0.3, 0.4) is 0 Å². The van der Waals surface area contributed by atoms with Crippen LogP contribution in [0.25, 0.3) is 0 Å². The van der Waals surface area contributed by atoms with Crippen molar-refractivity contribution in [2.45, 2.75) is 19.9 Å². The zero-order valence-corrected chi connectivity index (χ0v) is 14.9. The van der Waals surface area contributed by atoms with Gasteiger partial charge in [-0.25, -0.2) is 0 Å². The number of nitrogens with zero attached hydrogens (tertiary/aromatic N) is 1. The van der Waals surface area contributed by atoms with Gasteiger partial charge < -0.3 is 29.7 Å². The van der Waals surface area contributed by atoms with Gasteiger partial charge in [-0.1, -0.05) is 30.4 Å². The predicted octanol–water partition coefficient (Wildman–Crippen LogP) is -2.33. The van der Waals surface area contributed by atoms with E-state index in [9.17, 15) is 0 Å². The number of hydrogen-bond acceptors (Lipinski definition) is 1. The SMILES string of the molecule is CC1=CC2=CC(C)N(c3ccccc3)C2=C1.[Cl-].[Cl-].[Zr+2]. The molecular formula is C15H15Cl2NZr. The van der Waals surface area contributed by atoms with Crippen LogP contribution in [0.4, 0.5) is 5.69 Å². The maximum absolute atomic E-state index is 2.39. The molecule has 0 N–H and O–H groups in total. The van der Waals surface area contributed by atoms with Crippen molar-refractivity contribution < 1.29 is 51.0 Å². The van der Waals surface area contributed by atoms with Gasteiger partial charge in [-0.05, 0) is 43.2 Å². The van der Waals surface area contributed by atoms with Crippen molar-refractivity contribution in [3.8, 4) is 0 Å². The Hall–Kier alpha value is -0.297. The van der Waals surface area contributed by atoms with E-state index in [0.717, 1.165) is 0 Å². The summed E-state index contributed by atoms with van der Waals surface area (Å²) in [6, 6.07) is 11.0. The number of benzene rings is 1. The van der Waals surface area contributed by atoms with Crippen molar-refractivity contribution in [2.75, 3.05) is 4.90 Å². The molecule has 1 unspecified atom stereocenters. The molecule has 0 spiro atoms. The number of hydrogen-bond donors (Lipinski definition) is 0. The largest absolute Gasteiger partial charge is 2.00 e. The average Bonchev–Trinajstić information content (AvgIpc) is 2.74. The Bertz CT molecular complexity index is 520. The second kappa shape index (κ2) is 7.48. The Morgan fingerprint density at radius 3 is 2.26 bits per heavy atom. The zero-order valence-electron chi connectivity index (χ0n) is 10.9. The van der Waals surface area contributed by atoms with Gasteiger partial charge in [-0.2, -0.15) is 0 Å². The van der Waals surface area contributed by atoms with Crippen molar-refractivity contribution in [1.29, 1.82) is 0 Å². The number of allylic oxidation sites excluding steroid dienone is 3. The van der Waals surface area contributed by atoms with E-state index in [1.807, 2.05) is 0 Å². The Morgan fingerprint density at radius 1 is 1.00 bits per heavy atom. The van der Waals surface area contributed by atoms with Gasteiger partial charge >= 0.3 is 26.2 Å². The molecule has 0 bridgehead atoms. The fourth-order valence-electron chi connectivity index (χ4n) is 2.52. The molecule has 1 heterocycles. The van der Waals surface area contributed by atoms with Gasteiger partial charge in [0.2, 0.25) is 0 Å². The van der Waals surface area contributed by atoms with Crippen LogP contribution in [0.5, 0.6) is 0 Å². The van der Waals surface area contributed by atoms with Gasteiger partial charge in [0.1, 0.15) is 0 Å². The van der Waals surface area contributed by atoms with Crippen LogP contribution in [0.15, 0.2) is 65.4 Å². The minimum atomic E-state index is 0. The van der Waals surface area contributed by atoms with Crippen molar-refractivity contribution in [2.24, 2.45) is 0 Å². The molecule has 1 aromatic rings. The number of rotatable bonds is 1. The van der Waals surface area contributed by atoms with E-state index in [0.29, 0.717) is 6.04 Å². The van der Waals surface area contributed by atoms with Crippen LogP contribution in [0.2, 0.25) is 0 Å². The standard InChI is InChI=1S/C15H15N.2ClH.Zr/c1-11-8-13-10-12(2)16(15(13)9-11)14-6-4-3-5-7-14;;;/h3-10,12H,1-2H3;2*1H;/q;;;+2/p-2. The molecule has 2 aliphatic rings. The molecule has 3 rings (SSSR count). The van der Waals surface area contributed by atoms with Crippen molar-refractivity contribution in [1.82, 2.24) is 0 Å². The van der Waals surface area contributed by atoms with Crippen LogP contribution < -0.4 is 29.7 Å². The molecule has 0 aromatic heterocycles. The molecule has 0 amide bonds. The average molecular weight is 371 g/mol. The fraction of sp³-hybridized carbons (Fsp3) is 0.200. The summed E-state index contributed by atoms with van der Waals surface area (Å²) in [5, 5.41) is 0. The van der Waals surface area contributed by atoms with Gasteiger partial charge in [-0.15, -0.1) is 0 Å². The minimum Gasteiger partial charge on any atom is -1.00 e. The molecule has 1 aliphatic heterocycles. The summed E-state index contributed by atoms with van der Waals surface area (Å²) in [5.74, 6) is 0. The molecular weight excluding hydrogens is 356 g/mol. The summed E-state index contributed by atoms with van der Waals surface area (Å²) in [6.07, 6.45) is 6.85. The first-order valence-corrected chi connectivity index (χ1v) is 5.72. The maximum Gasteiger partial charge on any atom is 2.00 e. The van der Waals surface area contributed by atoms with Crippen molar-refractivity contribution >= 4 is 5.69 Å². The molecule has 0 saturated carbocycles. The third kappa shape index (κ3) is 3.42. The Labute approximate surface area is 146 Å². The monoisotopic (exact) mass is 369 g/mol. The van der Waals surface area contributed by atoms with E-state index in [1.54, 1.807) is 0 Å². The molecule has 0 saturated heterocycles. The normalized spacial score (nSPS) is 19.2. The summed E-state index contributed by atoms with van der Waals surface area (Å²) < 4.78 is 0. The number of fused-ring (bicyclic) bond motifs is 1. The second-order valence-corrected chi connectivity index (χ2v) is 4.49. The van der Waals surface area contributed by atoms with E-state index in [2.05, 4.69) is 67.3 Å². The van der Waals surface area contributed by atoms with E-state index in [-0.39, 0.29) is 51.0 Å². The van der Waals surface area contributed by atoms with Crippen LogP contribution in [-0.4, -0.2) is 6.04 Å². The molecule has 19 heavy (non-hydrogen) atoms. The molecule has 1 aliphatic carbocycles. The van der Waals surface area contributed by atoms with E-state index < -0.39 is 0 Å². The Balaban J connectivity index is 0.00000108. The number of anilines is 1. The molecule has 1 atom stereocenters. The molecule has 1 aromatic carbocycles. The topological polar surface area (TPSA) is 3.24 Å². The molecule has 1 nitrogen and oxygen atoms in total. The van der Waals surface area contributed by atoms with Gasteiger partial charge in [0, 0.05) is 11.4 Å². The van der Waals surface area contributed by atoms with Crippen LogP contribution in [0, 0.1) is 0 Å². The van der Waals surface area contributed by atoms with Crippen LogP contribution in [-0.2, 0) is 26.2 Å². The summed E-state index contributed by atoms with van der Waals surface area (Å²) >= 11 is 0. The molecule has 0 radical (unpaired) electrons. The quantitative estimate of drug-likeness (QED) is 0.536. The van der Waals surface area contributed by atoms with Gasteiger partial charge in [0.15, 0.2) is 0 Å². The molecule has 0 fully saturated rings. The minimum absolute atomic E-state index is 0. The molecule has 4 heteroatoms. The predicted molar refractivity (Wildman–Crippen MR) is 68.3 cm³/mol. The van der Waals surface area contributed by atoms with Crippen LogP contribution >= 0.6 is 0 Å².